The molecule has 0 N–H and O–H groups in total. The Morgan fingerprint density at radius 2 is 1.24 bits per heavy atom. The predicted molar refractivity (Wildman–Crippen MR) is 96.8 cm³/mol. The molecule has 1 aliphatic rings. The van der Waals surface area contributed by atoms with E-state index in [9.17, 15) is 0 Å². The van der Waals surface area contributed by atoms with Crippen molar-refractivity contribution in [2.75, 3.05) is 0 Å². The van der Waals surface area contributed by atoms with Crippen molar-refractivity contribution in [2.45, 2.75) is 124 Å². The van der Waals surface area contributed by atoms with Crippen LogP contribution in [0.5, 0.6) is 0 Å². The van der Waals surface area contributed by atoms with Crippen LogP contribution >= 0.6 is 0 Å². The molecule has 0 aromatic rings. The van der Waals surface area contributed by atoms with Crippen LogP contribution in [0, 0.1) is 11.3 Å². The second-order valence-electron chi connectivity index (χ2n) is 8.43. The molecule has 1 fully saturated rings. The topological polar surface area (TPSA) is 0 Å². The standard InChI is InChI=1S/C21H42/c1-4-5-15-20-16-12-10-8-6-7-9-11-13-18-21(2,3)19-14-17-20/h20H,4-19H2,1-3H3. The van der Waals surface area contributed by atoms with E-state index in [0.717, 1.165) is 5.92 Å². The zero-order valence-corrected chi connectivity index (χ0v) is 15.4. The molecule has 21 heavy (non-hydrogen) atoms. The maximum atomic E-state index is 2.51. The first-order chi connectivity index (χ1) is 10.1. The SMILES string of the molecule is CCCCC1CCCCCCCCCCC(C)(C)CCC1. The molecule has 0 aromatic heterocycles. The van der Waals surface area contributed by atoms with E-state index in [1.807, 2.05) is 0 Å². The molecule has 0 nitrogen and oxygen atoms in total. The van der Waals surface area contributed by atoms with Crippen molar-refractivity contribution in [1.82, 2.24) is 0 Å². The summed E-state index contributed by atoms with van der Waals surface area (Å²) in [6.45, 7) is 7.36. The van der Waals surface area contributed by atoms with Crippen LogP contribution < -0.4 is 0 Å². The molecule has 0 heterocycles. The molecule has 0 saturated heterocycles. The van der Waals surface area contributed by atoms with Gasteiger partial charge in [-0.25, -0.2) is 0 Å². The molecule has 0 aromatic carbocycles. The number of rotatable bonds is 3. The average molecular weight is 295 g/mol. The first kappa shape index (κ1) is 19.0. The van der Waals surface area contributed by atoms with Crippen molar-refractivity contribution in [1.29, 1.82) is 0 Å². The van der Waals surface area contributed by atoms with Crippen LogP contribution in [0.1, 0.15) is 124 Å². The third kappa shape index (κ3) is 10.4. The van der Waals surface area contributed by atoms with Gasteiger partial charge in [0.15, 0.2) is 0 Å². The zero-order valence-electron chi connectivity index (χ0n) is 15.4. The molecule has 1 unspecified atom stereocenters. The lowest BCUT2D eigenvalue weighted by Gasteiger charge is -2.26. The monoisotopic (exact) mass is 294 g/mol. The maximum Gasteiger partial charge on any atom is -0.0354 e. The third-order valence-corrected chi connectivity index (χ3v) is 5.65. The fraction of sp³-hybridized carbons (Fsp3) is 1.00. The summed E-state index contributed by atoms with van der Waals surface area (Å²) in [4.78, 5) is 0. The largest absolute Gasteiger partial charge is 0.0654 e. The summed E-state index contributed by atoms with van der Waals surface area (Å²) in [7, 11) is 0. The summed E-state index contributed by atoms with van der Waals surface area (Å²) in [5.41, 5.74) is 0.593. The van der Waals surface area contributed by atoms with Gasteiger partial charge in [-0.2, -0.15) is 0 Å². The minimum atomic E-state index is 0.593. The number of hydrogen-bond acceptors (Lipinski definition) is 0. The Morgan fingerprint density at radius 1 is 0.714 bits per heavy atom. The molecule has 0 aliphatic heterocycles. The lowest BCUT2D eigenvalue weighted by atomic mass is 9.80. The van der Waals surface area contributed by atoms with E-state index in [1.54, 1.807) is 0 Å². The highest BCUT2D eigenvalue weighted by Gasteiger charge is 2.18. The highest BCUT2D eigenvalue weighted by atomic mass is 14.2. The van der Waals surface area contributed by atoms with Crippen molar-refractivity contribution in [2.24, 2.45) is 11.3 Å². The molecule has 0 radical (unpaired) electrons. The van der Waals surface area contributed by atoms with Gasteiger partial charge in [-0.15, -0.1) is 0 Å². The van der Waals surface area contributed by atoms with Gasteiger partial charge >= 0.3 is 0 Å². The van der Waals surface area contributed by atoms with E-state index < -0.39 is 0 Å². The normalized spacial score (nSPS) is 26.7. The first-order valence-corrected chi connectivity index (χ1v) is 10.1. The van der Waals surface area contributed by atoms with Crippen LogP contribution in [0.25, 0.3) is 0 Å². The smallest absolute Gasteiger partial charge is 0.0354 e. The van der Waals surface area contributed by atoms with Gasteiger partial charge in [-0.05, 0) is 24.2 Å². The molecule has 1 atom stereocenters. The molecule has 1 aliphatic carbocycles. The van der Waals surface area contributed by atoms with E-state index >= 15 is 0 Å². The van der Waals surface area contributed by atoms with Gasteiger partial charge in [-0.3, -0.25) is 0 Å². The highest BCUT2D eigenvalue weighted by molar-refractivity contribution is 4.71. The van der Waals surface area contributed by atoms with E-state index in [0.29, 0.717) is 5.41 Å². The van der Waals surface area contributed by atoms with Crippen LogP contribution in [0.4, 0.5) is 0 Å². The Bertz CT molecular complexity index is 228. The van der Waals surface area contributed by atoms with Crippen LogP contribution in [0.3, 0.4) is 0 Å². The van der Waals surface area contributed by atoms with Gasteiger partial charge in [0.25, 0.3) is 0 Å². The van der Waals surface area contributed by atoms with Crippen molar-refractivity contribution in [3.8, 4) is 0 Å². The number of hydrogen-bond donors (Lipinski definition) is 0. The Kier molecular flexibility index (Phi) is 10.5. The van der Waals surface area contributed by atoms with Crippen LogP contribution in [-0.4, -0.2) is 0 Å². The Morgan fingerprint density at radius 3 is 1.90 bits per heavy atom. The molecule has 0 spiro atoms. The van der Waals surface area contributed by atoms with Crippen molar-refractivity contribution >= 4 is 0 Å². The third-order valence-electron chi connectivity index (χ3n) is 5.65. The molecule has 126 valence electrons. The molecule has 0 heteroatoms. The van der Waals surface area contributed by atoms with Gasteiger partial charge in [0.2, 0.25) is 0 Å². The Balaban J connectivity index is 2.40. The van der Waals surface area contributed by atoms with E-state index in [2.05, 4.69) is 20.8 Å². The molecule has 0 amide bonds. The maximum absolute atomic E-state index is 2.51. The van der Waals surface area contributed by atoms with E-state index in [1.165, 1.54) is 103 Å². The summed E-state index contributed by atoms with van der Waals surface area (Å²) in [6.07, 6.45) is 23.6. The lowest BCUT2D eigenvalue weighted by Crippen LogP contribution is -2.12. The summed E-state index contributed by atoms with van der Waals surface area (Å²) in [5.74, 6) is 1.03. The van der Waals surface area contributed by atoms with Crippen LogP contribution in [-0.2, 0) is 0 Å². The fourth-order valence-electron chi connectivity index (χ4n) is 4.02. The summed E-state index contributed by atoms with van der Waals surface area (Å²) in [6, 6.07) is 0. The first-order valence-electron chi connectivity index (χ1n) is 10.1. The predicted octanol–water partition coefficient (Wildman–Crippen LogP) is 7.90. The van der Waals surface area contributed by atoms with Gasteiger partial charge < -0.3 is 0 Å². The fourth-order valence-corrected chi connectivity index (χ4v) is 4.02. The molecule has 1 rings (SSSR count). The quantitative estimate of drug-likeness (QED) is 0.496. The van der Waals surface area contributed by atoms with Gasteiger partial charge in [0.1, 0.15) is 0 Å². The Hall–Kier alpha value is 0. The second-order valence-corrected chi connectivity index (χ2v) is 8.43. The van der Waals surface area contributed by atoms with Crippen molar-refractivity contribution < 1.29 is 0 Å². The van der Waals surface area contributed by atoms with Gasteiger partial charge in [0, 0.05) is 0 Å². The van der Waals surface area contributed by atoms with Crippen LogP contribution in [0.15, 0.2) is 0 Å². The van der Waals surface area contributed by atoms with Crippen molar-refractivity contribution in [3.63, 3.8) is 0 Å². The zero-order chi connectivity index (χ0) is 15.4. The second kappa shape index (κ2) is 11.6. The average Bonchev–Trinajstić information content (AvgIpc) is 2.45. The summed E-state index contributed by atoms with van der Waals surface area (Å²) in [5, 5.41) is 0. The van der Waals surface area contributed by atoms with Crippen molar-refractivity contribution in [3.05, 3.63) is 0 Å². The summed E-state index contributed by atoms with van der Waals surface area (Å²) < 4.78 is 0. The Labute approximate surface area is 135 Å². The molecular formula is C21H42. The van der Waals surface area contributed by atoms with Gasteiger partial charge in [-0.1, -0.05) is 111 Å². The summed E-state index contributed by atoms with van der Waals surface area (Å²) >= 11 is 0. The molecular weight excluding hydrogens is 252 g/mol. The minimum Gasteiger partial charge on any atom is -0.0654 e. The van der Waals surface area contributed by atoms with Gasteiger partial charge in [0.05, 0.1) is 0 Å². The molecule has 1 saturated carbocycles. The number of unbranched alkanes of at least 4 members (excludes halogenated alkanes) is 1. The molecule has 0 bridgehead atoms. The lowest BCUT2D eigenvalue weighted by molar-refractivity contribution is 0.267. The highest BCUT2D eigenvalue weighted by Crippen LogP contribution is 2.32. The minimum absolute atomic E-state index is 0.593. The van der Waals surface area contributed by atoms with E-state index in [4.69, 9.17) is 0 Å². The van der Waals surface area contributed by atoms with Crippen LogP contribution in [0.2, 0.25) is 0 Å². The van der Waals surface area contributed by atoms with E-state index in [-0.39, 0.29) is 0 Å².